The van der Waals surface area contributed by atoms with E-state index in [2.05, 4.69) is 26.1 Å². The van der Waals surface area contributed by atoms with Gasteiger partial charge in [-0.1, -0.05) is 20.3 Å². The van der Waals surface area contributed by atoms with Crippen LogP contribution in [0.5, 0.6) is 0 Å². The molecular weight excluding hydrogens is 162 g/mol. The molecule has 0 aromatic heterocycles. The van der Waals surface area contributed by atoms with Crippen LogP contribution in [0.1, 0.15) is 40.5 Å². The minimum Gasteiger partial charge on any atom is -0.377 e. The maximum atomic E-state index is 5.58. The third-order valence-corrected chi connectivity index (χ3v) is 2.72. The van der Waals surface area contributed by atoms with Gasteiger partial charge in [-0.05, 0) is 33.2 Å². The lowest BCUT2D eigenvalue weighted by Gasteiger charge is -2.25. The van der Waals surface area contributed by atoms with E-state index in [0.29, 0.717) is 12.1 Å². The predicted molar refractivity (Wildman–Crippen MR) is 58.0 cm³/mol. The van der Waals surface area contributed by atoms with Crippen LogP contribution in [-0.4, -0.2) is 25.8 Å². The van der Waals surface area contributed by atoms with E-state index in [1.165, 1.54) is 12.8 Å². The first kappa shape index (κ1) is 12.9. The van der Waals surface area contributed by atoms with E-state index in [4.69, 9.17) is 4.74 Å². The van der Waals surface area contributed by atoms with Gasteiger partial charge < -0.3 is 10.1 Å². The second-order valence-corrected chi connectivity index (χ2v) is 3.80. The number of likely N-dealkylation sites (N-methyl/N-ethyl adjacent to an activating group) is 1. The normalized spacial score (nSPS) is 18.2. The van der Waals surface area contributed by atoms with Crippen molar-refractivity contribution in [3.63, 3.8) is 0 Å². The van der Waals surface area contributed by atoms with Crippen molar-refractivity contribution in [2.24, 2.45) is 5.92 Å². The number of rotatable bonds is 7. The second-order valence-electron chi connectivity index (χ2n) is 3.80. The minimum absolute atomic E-state index is 0.323. The Kier molecular flexibility index (Phi) is 7.29. The molecule has 0 aliphatic carbocycles. The minimum atomic E-state index is 0.323. The molecule has 0 saturated carbocycles. The average molecular weight is 187 g/mol. The molecule has 2 heteroatoms. The van der Waals surface area contributed by atoms with Crippen LogP contribution in [0.2, 0.25) is 0 Å². The highest BCUT2D eigenvalue weighted by Gasteiger charge is 2.17. The summed E-state index contributed by atoms with van der Waals surface area (Å²) in [7, 11) is 2.02. The highest BCUT2D eigenvalue weighted by Crippen LogP contribution is 2.13. The van der Waals surface area contributed by atoms with Crippen molar-refractivity contribution in [3.05, 3.63) is 0 Å². The van der Waals surface area contributed by atoms with Gasteiger partial charge in [-0.3, -0.25) is 0 Å². The van der Waals surface area contributed by atoms with Crippen LogP contribution in [0.15, 0.2) is 0 Å². The van der Waals surface area contributed by atoms with Crippen LogP contribution in [0.25, 0.3) is 0 Å². The first-order valence-corrected chi connectivity index (χ1v) is 5.44. The predicted octanol–water partition coefficient (Wildman–Crippen LogP) is 2.44. The summed E-state index contributed by atoms with van der Waals surface area (Å²) in [6.07, 6.45) is 2.77. The largest absolute Gasteiger partial charge is 0.377 e. The summed E-state index contributed by atoms with van der Waals surface area (Å²) in [5.74, 6) is 0.778. The summed E-state index contributed by atoms with van der Waals surface area (Å²) in [6.45, 7) is 9.53. The topological polar surface area (TPSA) is 21.3 Å². The van der Waals surface area contributed by atoms with E-state index < -0.39 is 0 Å². The molecule has 0 heterocycles. The number of ether oxygens (including phenoxy) is 1. The van der Waals surface area contributed by atoms with Crippen molar-refractivity contribution in [1.29, 1.82) is 0 Å². The van der Waals surface area contributed by atoms with E-state index in [0.717, 1.165) is 12.5 Å². The van der Waals surface area contributed by atoms with Gasteiger partial charge in [-0.15, -0.1) is 0 Å². The van der Waals surface area contributed by atoms with Gasteiger partial charge in [0.1, 0.15) is 0 Å². The molecule has 0 spiro atoms. The molecule has 0 aromatic carbocycles. The van der Waals surface area contributed by atoms with Gasteiger partial charge in [0.15, 0.2) is 0 Å². The fourth-order valence-corrected chi connectivity index (χ4v) is 1.52. The Bertz CT molecular complexity index is 117. The molecule has 1 N–H and O–H groups in total. The van der Waals surface area contributed by atoms with Crippen LogP contribution >= 0.6 is 0 Å². The Morgan fingerprint density at radius 3 is 2.23 bits per heavy atom. The Balaban J connectivity index is 3.86. The van der Waals surface area contributed by atoms with Crippen molar-refractivity contribution in [2.45, 2.75) is 52.7 Å². The highest BCUT2D eigenvalue weighted by molar-refractivity contribution is 4.74. The second kappa shape index (κ2) is 7.34. The van der Waals surface area contributed by atoms with E-state index in [1.807, 2.05) is 14.0 Å². The molecule has 0 radical (unpaired) electrons. The van der Waals surface area contributed by atoms with Gasteiger partial charge in [-0.25, -0.2) is 0 Å². The zero-order valence-electron chi connectivity index (χ0n) is 9.76. The zero-order valence-corrected chi connectivity index (χ0v) is 9.76. The fourth-order valence-electron chi connectivity index (χ4n) is 1.52. The van der Waals surface area contributed by atoms with Gasteiger partial charge in [0.25, 0.3) is 0 Å². The molecule has 13 heavy (non-hydrogen) atoms. The molecule has 3 unspecified atom stereocenters. The van der Waals surface area contributed by atoms with E-state index in [9.17, 15) is 0 Å². The number of nitrogens with one attached hydrogen (secondary N) is 1. The maximum absolute atomic E-state index is 5.58. The number of hydrogen-bond donors (Lipinski definition) is 1. The van der Waals surface area contributed by atoms with Crippen LogP contribution < -0.4 is 5.32 Å². The van der Waals surface area contributed by atoms with Gasteiger partial charge in [0.05, 0.1) is 6.10 Å². The molecule has 0 rings (SSSR count). The van der Waals surface area contributed by atoms with Crippen molar-refractivity contribution < 1.29 is 4.74 Å². The van der Waals surface area contributed by atoms with Crippen molar-refractivity contribution in [2.75, 3.05) is 13.7 Å². The summed E-state index contributed by atoms with van der Waals surface area (Å²) in [4.78, 5) is 0. The van der Waals surface area contributed by atoms with E-state index in [-0.39, 0.29) is 0 Å². The lowest BCUT2D eigenvalue weighted by atomic mass is 9.96. The van der Waals surface area contributed by atoms with Crippen molar-refractivity contribution in [3.8, 4) is 0 Å². The van der Waals surface area contributed by atoms with Gasteiger partial charge >= 0.3 is 0 Å². The smallest absolute Gasteiger partial charge is 0.0699 e. The molecule has 80 valence electrons. The van der Waals surface area contributed by atoms with Gasteiger partial charge in [-0.2, -0.15) is 0 Å². The first-order chi connectivity index (χ1) is 6.15. The van der Waals surface area contributed by atoms with E-state index in [1.54, 1.807) is 0 Å². The molecule has 0 aliphatic heterocycles. The Hall–Kier alpha value is -0.0800. The molecule has 0 aromatic rings. The molecule has 0 amide bonds. The lowest BCUT2D eigenvalue weighted by molar-refractivity contribution is 0.0432. The summed E-state index contributed by atoms with van der Waals surface area (Å²) >= 11 is 0. The zero-order chi connectivity index (χ0) is 10.3. The molecule has 0 saturated heterocycles. The average Bonchev–Trinajstić information content (AvgIpc) is 2.14. The quantitative estimate of drug-likeness (QED) is 0.661. The Morgan fingerprint density at radius 1 is 1.23 bits per heavy atom. The standard InChI is InChI=1S/C11H25NO/c1-6-9(3)8-11(12-5)10(4)13-7-2/h9-12H,6-8H2,1-5H3. The summed E-state index contributed by atoms with van der Waals surface area (Å²) in [6, 6.07) is 0.495. The lowest BCUT2D eigenvalue weighted by Crippen LogP contribution is -2.38. The van der Waals surface area contributed by atoms with Gasteiger partial charge in [0.2, 0.25) is 0 Å². The molecule has 2 nitrogen and oxygen atoms in total. The van der Waals surface area contributed by atoms with Crippen molar-refractivity contribution >= 4 is 0 Å². The Morgan fingerprint density at radius 2 is 1.85 bits per heavy atom. The SMILES string of the molecule is CCOC(C)C(CC(C)CC)NC. The highest BCUT2D eigenvalue weighted by atomic mass is 16.5. The third-order valence-electron chi connectivity index (χ3n) is 2.72. The number of hydrogen-bond acceptors (Lipinski definition) is 2. The molecular formula is C11H25NO. The molecule has 0 aliphatic rings. The molecule has 0 bridgehead atoms. The summed E-state index contributed by atoms with van der Waals surface area (Å²) in [5, 5.41) is 3.33. The third kappa shape index (κ3) is 5.27. The van der Waals surface area contributed by atoms with Crippen LogP contribution in [0.3, 0.4) is 0 Å². The van der Waals surface area contributed by atoms with E-state index >= 15 is 0 Å². The fraction of sp³-hybridized carbons (Fsp3) is 1.00. The first-order valence-electron chi connectivity index (χ1n) is 5.44. The van der Waals surface area contributed by atoms with Crippen molar-refractivity contribution in [1.82, 2.24) is 5.32 Å². The molecule has 0 fully saturated rings. The Labute approximate surface area is 83.1 Å². The van der Waals surface area contributed by atoms with Crippen LogP contribution in [0, 0.1) is 5.92 Å². The summed E-state index contributed by atoms with van der Waals surface area (Å²) < 4.78 is 5.58. The molecule has 3 atom stereocenters. The summed E-state index contributed by atoms with van der Waals surface area (Å²) in [5.41, 5.74) is 0. The maximum Gasteiger partial charge on any atom is 0.0699 e. The van der Waals surface area contributed by atoms with Crippen LogP contribution in [-0.2, 0) is 4.74 Å². The van der Waals surface area contributed by atoms with Crippen LogP contribution in [0.4, 0.5) is 0 Å². The monoisotopic (exact) mass is 187 g/mol. The van der Waals surface area contributed by atoms with Gasteiger partial charge in [0, 0.05) is 12.6 Å².